The molecule has 3 aliphatic rings. The van der Waals surface area contributed by atoms with Gasteiger partial charge in [0.15, 0.2) is 0 Å². The Bertz CT molecular complexity index is 439. The lowest BCUT2D eigenvalue weighted by molar-refractivity contribution is -0.143. The van der Waals surface area contributed by atoms with Crippen LogP contribution in [-0.2, 0) is 14.3 Å². The fourth-order valence-corrected chi connectivity index (χ4v) is 3.55. The van der Waals surface area contributed by atoms with Crippen LogP contribution in [0.4, 0.5) is 0 Å². The van der Waals surface area contributed by atoms with Gasteiger partial charge in [-0.1, -0.05) is 17.7 Å². The van der Waals surface area contributed by atoms with E-state index in [9.17, 15) is 4.79 Å². The fraction of sp³-hybridized carbons (Fsp3) is 0.688. The predicted octanol–water partition coefficient (Wildman–Crippen LogP) is 3.01. The number of allylic oxidation sites excluding steroid dienone is 2. The molecule has 2 aliphatic heterocycles. The summed E-state index contributed by atoms with van der Waals surface area (Å²) >= 11 is 0. The van der Waals surface area contributed by atoms with Crippen LogP contribution >= 0.6 is 0 Å². The van der Waals surface area contributed by atoms with E-state index in [1.807, 2.05) is 0 Å². The molecule has 3 rings (SSSR count). The van der Waals surface area contributed by atoms with Crippen LogP contribution in [0, 0.1) is 11.8 Å². The molecule has 0 N–H and O–H groups in total. The minimum atomic E-state index is -0.161. The average molecular weight is 262 g/mol. The molecule has 104 valence electrons. The quantitative estimate of drug-likeness (QED) is 0.414. The summed E-state index contributed by atoms with van der Waals surface area (Å²) in [6, 6.07) is 0. The molecule has 0 radical (unpaired) electrons. The number of fused-ring (bicyclic) bond motifs is 3. The molecule has 0 saturated carbocycles. The number of hydrogen-bond donors (Lipinski definition) is 0. The first-order valence-corrected chi connectivity index (χ1v) is 7.21. The zero-order valence-electron chi connectivity index (χ0n) is 11.7. The number of carbonyl (C=O) groups is 1. The maximum atomic E-state index is 12.0. The molecule has 3 nitrogen and oxygen atoms in total. The zero-order chi connectivity index (χ0) is 13.6. The van der Waals surface area contributed by atoms with E-state index in [2.05, 4.69) is 26.5 Å². The van der Waals surface area contributed by atoms with Crippen LogP contribution in [0.5, 0.6) is 0 Å². The number of rotatable bonds is 1. The third-order valence-corrected chi connectivity index (χ3v) is 4.91. The van der Waals surface area contributed by atoms with Crippen molar-refractivity contribution in [2.45, 2.75) is 57.3 Å². The minimum Gasteiger partial charge on any atom is -0.459 e. The van der Waals surface area contributed by atoms with E-state index in [0.717, 1.165) is 25.7 Å². The predicted molar refractivity (Wildman–Crippen MR) is 72.6 cm³/mol. The van der Waals surface area contributed by atoms with Crippen molar-refractivity contribution in [2.24, 2.45) is 11.8 Å². The lowest BCUT2D eigenvalue weighted by Crippen LogP contribution is -2.30. The van der Waals surface area contributed by atoms with Gasteiger partial charge in [0.2, 0.25) is 0 Å². The van der Waals surface area contributed by atoms with Gasteiger partial charge in [0.1, 0.15) is 12.2 Å². The second kappa shape index (κ2) is 4.48. The van der Waals surface area contributed by atoms with Crippen molar-refractivity contribution in [1.82, 2.24) is 0 Å². The zero-order valence-corrected chi connectivity index (χ0v) is 11.7. The second-order valence-electron chi connectivity index (χ2n) is 6.31. The molecule has 2 heterocycles. The molecular formula is C16H22O3. The molecule has 2 saturated heterocycles. The molecule has 1 unspecified atom stereocenters. The van der Waals surface area contributed by atoms with Crippen LogP contribution in [-0.4, -0.2) is 23.8 Å². The summed E-state index contributed by atoms with van der Waals surface area (Å²) < 4.78 is 11.5. The molecular weight excluding hydrogens is 240 g/mol. The van der Waals surface area contributed by atoms with E-state index in [1.54, 1.807) is 6.08 Å². The highest BCUT2D eigenvalue weighted by Crippen LogP contribution is 2.50. The SMILES string of the molecule is C=CC1C(=O)O[C@H]2[C@H]1CC/C(C)=C/CC[C@@]1(C)O[C@@H]21. The van der Waals surface area contributed by atoms with E-state index in [0.29, 0.717) is 0 Å². The van der Waals surface area contributed by atoms with E-state index >= 15 is 0 Å². The van der Waals surface area contributed by atoms with Crippen molar-refractivity contribution in [3.8, 4) is 0 Å². The Balaban J connectivity index is 1.87. The van der Waals surface area contributed by atoms with Crippen LogP contribution in [0.3, 0.4) is 0 Å². The van der Waals surface area contributed by atoms with Crippen molar-refractivity contribution >= 4 is 5.97 Å². The number of ether oxygens (including phenoxy) is 2. The monoisotopic (exact) mass is 262 g/mol. The Hall–Kier alpha value is -1.09. The highest BCUT2D eigenvalue weighted by Gasteiger charge is 2.62. The van der Waals surface area contributed by atoms with E-state index in [1.165, 1.54) is 5.57 Å². The van der Waals surface area contributed by atoms with Crippen LogP contribution in [0.15, 0.2) is 24.3 Å². The van der Waals surface area contributed by atoms with Gasteiger partial charge in [-0.25, -0.2) is 0 Å². The van der Waals surface area contributed by atoms with Crippen molar-refractivity contribution in [3.63, 3.8) is 0 Å². The summed E-state index contributed by atoms with van der Waals surface area (Å²) in [7, 11) is 0. The maximum absolute atomic E-state index is 12.0. The third-order valence-electron chi connectivity index (χ3n) is 4.91. The highest BCUT2D eigenvalue weighted by atomic mass is 16.6. The summed E-state index contributed by atoms with van der Waals surface area (Å²) in [6.45, 7) is 8.10. The Labute approximate surface area is 114 Å². The smallest absolute Gasteiger partial charge is 0.313 e. The molecule has 0 amide bonds. The number of esters is 1. The molecule has 0 spiro atoms. The number of carbonyl (C=O) groups excluding carboxylic acids is 1. The minimum absolute atomic E-state index is 0.0774. The maximum Gasteiger partial charge on any atom is 0.313 e. The van der Waals surface area contributed by atoms with Gasteiger partial charge in [-0.05, 0) is 39.5 Å². The first kappa shape index (κ1) is 12.9. The lowest BCUT2D eigenvalue weighted by Gasteiger charge is -2.20. The largest absolute Gasteiger partial charge is 0.459 e. The van der Waals surface area contributed by atoms with Gasteiger partial charge in [-0.2, -0.15) is 0 Å². The summed E-state index contributed by atoms with van der Waals surface area (Å²) in [4.78, 5) is 12.0. The molecule has 3 heteroatoms. The molecule has 5 atom stereocenters. The van der Waals surface area contributed by atoms with Crippen LogP contribution < -0.4 is 0 Å². The van der Waals surface area contributed by atoms with Gasteiger partial charge in [-0.15, -0.1) is 6.58 Å². The van der Waals surface area contributed by atoms with Crippen LogP contribution in [0.1, 0.15) is 39.5 Å². The average Bonchev–Trinajstić information content (AvgIpc) is 2.92. The van der Waals surface area contributed by atoms with E-state index in [4.69, 9.17) is 9.47 Å². The summed E-state index contributed by atoms with van der Waals surface area (Å²) in [5.74, 6) is -0.0623. The van der Waals surface area contributed by atoms with Crippen molar-refractivity contribution in [2.75, 3.05) is 0 Å². The van der Waals surface area contributed by atoms with Crippen molar-refractivity contribution in [1.29, 1.82) is 0 Å². The standard InChI is InChI=1S/C16H22O3/c1-4-11-12-8-7-10(2)6-5-9-16(3)14(19-16)13(12)18-15(11)17/h4,6,11-14H,1,5,7-9H2,2-3H3/b10-6+/t11?,12-,13-,14-,16+/m0/s1. The number of hydrogen-bond acceptors (Lipinski definition) is 3. The first-order chi connectivity index (χ1) is 9.05. The van der Waals surface area contributed by atoms with Gasteiger partial charge < -0.3 is 9.47 Å². The first-order valence-electron chi connectivity index (χ1n) is 7.21. The van der Waals surface area contributed by atoms with Crippen LogP contribution in [0.25, 0.3) is 0 Å². The van der Waals surface area contributed by atoms with Crippen LogP contribution in [0.2, 0.25) is 0 Å². The van der Waals surface area contributed by atoms with Gasteiger partial charge in [0, 0.05) is 5.92 Å². The van der Waals surface area contributed by atoms with Gasteiger partial charge in [0.05, 0.1) is 11.5 Å². The normalized spacial score (nSPS) is 48.3. The van der Waals surface area contributed by atoms with Gasteiger partial charge >= 0.3 is 5.97 Å². The van der Waals surface area contributed by atoms with Crippen molar-refractivity contribution in [3.05, 3.63) is 24.3 Å². The molecule has 1 aliphatic carbocycles. The Morgan fingerprint density at radius 2 is 2.32 bits per heavy atom. The summed E-state index contributed by atoms with van der Waals surface area (Å²) in [6.07, 6.45) is 8.13. The van der Waals surface area contributed by atoms with Gasteiger partial charge in [0.25, 0.3) is 0 Å². The molecule has 2 fully saturated rings. The third kappa shape index (κ3) is 2.14. The topological polar surface area (TPSA) is 38.8 Å². The lowest BCUT2D eigenvalue weighted by atomic mass is 9.81. The van der Waals surface area contributed by atoms with E-state index < -0.39 is 0 Å². The molecule has 0 aromatic rings. The Morgan fingerprint density at radius 1 is 1.53 bits per heavy atom. The Kier molecular flexibility index (Phi) is 3.05. The fourth-order valence-electron chi connectivity index (χ4n) is 3.55. The molecule has 0 bridgehead atoms. The summed E-state index contributed by atoms with van der Waals surface area (Å²) in [5.41, 5.74) is 1.30. The van der Waals surface area contributed by atoms with Gasteiger partial charge in [-0.3, -0.25) is 4.79 Å². The highest BCUT2D eigenvalue weighted by molar-refractivity contribution is 5.77. The van der Waals surface area contributed by atoms with E-state index in [-0.39, 0.29) is 35.6 Å². The van der Waals surface area contributed by atoms with Crippen molar-refractivity contribution < 1.29 is 14.3 Å². The molecule has 0 aromatic carbocycles. The Morgan fingerprint density at radius 3 is 3.05 bits per heavy atom. The molecule has 19 heavy (non-hydrogen) atoms. The summed E-state index contributed by atoms with van der Waals surface area (Å²) in [5, 5.41) is 0. The molecule has 0 aromatic heterocycles. The number of epoxide rings is 1. The second-order valence-corrected chi connectivity index (χ2v) is 6.31.